The number of hydrogen-bond acceptors (Lipinski definition) is 5. The molecule has 0 spiro atoms. The molecule has 194 valence electrons. The molecular formula is C31H40N6. The number of rotatable bonds is 10. The van der Waals surface area contributed by atoms with Gasteiger partial charge in [-0.3, -0.25) is 14.8 Å². The molecule has 0 aliphatic heterocycles. The fourth-order valence-electron chi connectivity index (χ4n) is 5.74. The molecule has 37 heavy (non-hydrogen) atoms. The maximum atomic E-state index is 4.87. The Morgan fingerprint density at radius 1 is 0.865 bits per heavy atom. The van der Waals surface area contributed by atoms with Gasteiger partial charge in [0.25, 0.3) is 0 Å². The Bertz CT molecular complexity index is 1270. The van der Waals surface area contributed by atoms with E-state index in [0.717, 1.165) is 43.2 Å². The van der Waals surface area contributed by atoms with Crippen molar-refractivity contribution in [3.05, 3.63) is 95.6 Å². The average Bonchev–Trinajstić information content (AvgIpc) is 3.24. The number of likely N-dealkylation sites (N-methyl/N-ethyl adjacent to an activating group) is 1. The molecule has 1 fully saturated rings. The zero-order valence-corrected chi connectivity index (χ0v) is 22.5. The molecule has 6 nitrogen and oxygen atoms in total. The number of nitrogens with one attached hydrogen (secondary N) is 1. The third kappa shape index (κ3) is 6.45. The zero-order chi connectivity index (χ0) is 25.6. The Hall–Kier alpha value is -3.06. The summed E-state index contributed by atoms with van der Waals surface area (Å²) in [7, 11) is 6.56. The van der Waals surface area contributed by atoms with Crippen LogP contribution >= 0.6 is 0 Å². The quantitative estimate of drug-likeness (QED) is 0.330. The second-order valence-corrected chi connectivity index (χ2v) is 10.6. The summed E-state index contributed by atoms with van der Waals surface area (Å²) < 4.78 is 2.22. The number of aryl methyl sites for hydroxylation is 1. The lowest BCUT2D eigenvalue weighted by atomic mass is 9.89. The van der Waals surface area contributed by atoms with Crippen LogP contribution in [0.5, 0.6) is 0 Å². The molecule has 0 radical (unpaired) electrons. The van der Waals surface area contributed by atoms with Crippen molar-refractivity contribution < 1.29 is 0 Å². The molecule has 2 heterocycles. The van der Waals surface area contributed by atoms with Crippen LogP contribution in [0.1, 0.15) is 48.3 Å². The van der Waals surface area contributed by atoms with Crippen molar-refractivity contribution in [3.63, 3.8) is 0 Å². The minimum absolute atomic E-state index is 0.484. The molecule has 1 aliphatic carbocycles. The van der Waals surface area contributed by atoms with E-state index >= 15 is 0 Å². The number of aromatic nitrogens is 3. The lowest BCUT2D eigenvalue weighted by Crippen LogP contribution is -2.50. The average molecular weight is 497 g/mol. The smallest absolute Gasteiger partial charge is 0.123 e. The van der Waals surface area contributed by atoms with Gasteiger partial charge in [0.15, 0.2) is 0 Å². The Morgan fingerprint density at radius 2 is 1.59 bits per heavy atom. The number of imidazole rings is 1. The predicted molar refractivity (Wildman–Crippen MR) is 151 cm³/mol. The molecule has 2 aromatic carbocycles. The van der Waals surface area contributed by atoms with Crippen molar-refractivity contribution >= 4 is 11.0 Å². The van der Waals surface area contributed by atoms with Crippen molar-refractivity contribution in [2.45, 2.75) is 63.9 Å². The maximum Gasteiger partial charge on any atom is 0.123 e. The number of para-hydroxylation sites is 2. The number of fused-ring (bicyclic) bond motifs is 1. The van der Waals surface area contributed by atoms with Crippen LogP contribution in [0.2, 0.25) is 0 Å². The summed E-state index contributed by atoms with van der Waals surface area (Å²) in [5.41, 5.74) is 6.09. The Labute approximate surface area is 221 Å². The number of nitrogens with zero attached hydrogens (tertiary/aromatic N) is 5. The molecule has 1 saturated carbocycles. The van der Waals surface area contributed by atoms with E-state index in [9.17, 15) is 0 Å². The van der Waals surface area contributed by atoms with Gasteiger partial charge in [0.2, 0.25) is 0 Å². The molecule has 2 unspecified atom stereocenters. The van der Waals surface area contributed by atoms with Crippen LogP contribution in [0.3, 0.4) is 0 Å². The normalized spacial score (nSPS) is 18.2. The Balaban J connectivity index is 1.16. The molecule has 0 amide bonds. The molecule has 0 saturated heterocycles. The van der Waals surface area contributed by atoms with E-state index < -0.39 is 0 Å². The summed E-state index contributed by atoms with van der Waals surface area (Å²) in [4.78, 5) is 14.2. The molecular weight excluding hydrogens is 456 g/mol. The van der Waals surface area contributed by atoms with E-state index in [2.05, 4.69) is 100 Å². The summed E-state index contributed by atoms with van der Waals surface area (Å²) in [5.74, 6) is 1.11. The monoisotopic (exact) mass is 496 g/mol. The summed E-state index contributed by atoms with van der Waals surface area (Å²) in [6.07, 6.45) is 6.93. The first-order valence-corrected chi connectivity index (χ1v) is 13.6. The SMILES string of the molecule is CN(Cc1ccc(CN(C)C2CCCCC2NCc2nc3ccccc3n2C)cc1)Cc1ccccn1. The first-order valence-electron chi connectivity index (χ1n) is 13.6. The van der Waals surface area contributed by atoms with Crippen LogP contribution in [-0.2, 0) is 33.2 Å². The summed E-state index contributed by atoms with van der Waals surface area (Å²) in [6, 6.07) is 24.7. The van der Waals surface area contributed by atoms with Crippen molar-refractivity contribution in [1.29, 1.82) is 0 Å². The van der Waals surface area contributed by atoms with Crippen LogP contribution in [0.25, 0.3) is 11.0 Å². The van der Waals surface area contributed by atoms with E-state index in [1.165, 1.54) is 42.3 Å². The van der Waals surface area contributed by atoms with E-state index in [0.29, 0.717) is 12.1 Å². The van der Waals surface area contributed by atoms with Gasteiger partial charge in [-0.05, 0) is 62.3 Å². The van der Waals surface area contributed by atoms with Gasteiger partial charge in [0.1, 0.15) is 5.82 Å². The highest BCUT2D eigenvalue weighted by molar-refractivity contribution is 5.75. The van der Waals surface area contributed by atoms with Gasteiger partial charge in [0, 0.05) is 45.0 Å². The second-order valence-electron chi connectivity index (χ2n) is 10.6. The van der Waals surface area contributed by atoms with E-state index in [-0.39, 0.29) is 0 Å². The van der Waals surface area contributed by atoms with Crippen LogP contribution in [0.15, 0.2) is 72.9 Å². The van der Waals surface area contributed by atoms with E-state index in [1.54, 1.807) is 0 Å². The van der Waals surface area contributed by atoms with Crippen molar-refractivity contribution in [1.82, 2.24) is 29.7 Å². The summed E-state index contributed by atoms with van der Waals surface area (Å²) >= 11 is 0. The van der Waals surface area contributed by atoms with Gasteiger partial charge >= 0.3 is 0 Å². The van der Waals surface area contributed by atoms with Crippen LogP contribution < -0.4 is 5.32 Å². The fraction of sp³-hybridized carbons (Fsp3) is 0.419. The first kappa shape index (κ1) is 25.6. The van der Waals surface area contributed by atoms with E-state index in [1.807, 2.05) is 18.3 Å². The molecule has 1 N–H and O–H groups in total. The van der Waals surface area contributed by atoms with Crippen molar-refractivity contribution in [3.8, 4) is 0 Å². The zero-order valence-electron chi connectivity index (χ0n) is 22.5. The third-order valence-electron chi connectivity index (χ3n) is 7.76. The molecule has 2 atom stereocenters. The van der Waals surface area contributed by atoms with Crippen LogP contribution in [0.4, 0.5) is 0 Å². The second kappa shape index (κ2) is 12.0. The van der Waals surface area contributed by atoms with Gasteiger partial charge < -0.3 is 9.88 Å². The Kier molecular flexibility index (Phi) is 8.29. The number of hydrogen-bond donors (Lipinski definition) is 1. The predicted octanol–water partition coefficient (Wildman–Crippen LogP) is 5.13. The molecule has 2 aromatic heterocycles. The summed E-state index contributed by atoms with van der Waals surface area (Å²) in [6.45, 7) is 3.55. The first-order chi connectivity index (χ1) is 18.1. The van der Waals surface area contributed by atoms with Crippen LogP contribution in [0, 0.1) is 0 Å². The van der Waals surface area contributed by atoms with Gasteiger partial charge in [-0.25, -0.2) is 4.98 Å². The molecule has 1 aliphatic rings. The Morgan fingerprint density at radius 3 is 2.35 bits per heavy atom. The molecule has 0 bridgehead atoms. The highest BCUT2D eigenvalue weighted by Crippen LogP contribution is 2.25. The standard InChI is InChI=1S/C31H40N6/c1-35(23-26-10-8-9-19-32-26)21-24-15-17-25(18-16-24)22-36(2)29-13-6-4-11-27(29)33-20-31-34-28-12-5-7-14-30(28)37(31)3/h5,7-10,12,14-19,27,29,33H,4,6,11,13,20-23H2,1-3H3. The fourth-order valence-corrected chi connectivity index (χ4v) is 5.74. The van der Waals surface area contributed by atoms with Gasteiger partial charge in [0.05, 0.1) is 23.3 Å². The topological polar surface area (TPSA) is 49.2 Å². The number of pyridine rings is 1. The van der Waals surface area contributed by atoms with Gasteiger partial charge in [-0.2, -0.15) is 0 Å². The maximum absolute atomic E-state index is 4.87. The summed E-state index contributed by atoms with van der Waals surface area (Å²) in [5, 5.41) is 3.87. The number of benzene rings is 2. The lowest BCUT2D eigenvalue weighted by Gasteiger charge is -2.38. The molecule has 4 aromatic rings. The van der Waals surface area contributed by atoms with Gasteiger partial charge in [-0.1, -0.05) is 55.3 Å². The lowest BCUT2D eigenvalue weighted by molar-refractivity contribution is 0.141. The third-order valence-corrected chi connectivity index (χ3v) is 7.76. The highest BCUT2D eigenvalue weighted by Gasteiger charge is 2.28. The molecule has 6 heteroatoms. The largest absolute Gasteiger partial charge is 0.330 e. The minimum Gasteiger partial charge on any atom is -0.330 e. The molecule has 5 rings (SSSR count). The minimum atomic E-state index is 0.484. The van der Waals surface area contributed by atoms with Crippen molar-refractivity contribution in [2.75, 3.05) is 14.1 Å². The van der Waals surface area contributed by atoms with Gasteiger partial charge in [-0.15, -0.1) is 0 Å². The van der Waals surface area contributed by atoms with Crippen LogP contribution in [-0.4, -0.2) is 50.5 Å². The van der Waals surface area contributed by atoms with Crippen molar-refractivity contribution in [2.24, 2.45) is 7.05 Å². The highest BCUT2D eigenvalue weighted by atomic mass is 15.2. The van der Waals surface area contributed by atoms with E-state index in [4.69, 9.17) is 4.98 Å².